The molecule has 4 heteroatoms. The van der Waals surface area contributed by atoms with Crippen molar-refractivity contribution in [2.75, 3.05) is 0 Å². The number of rotatable bonds is 3. The molecule has 0 atom stereocenters. The highest BCUT2D eigenvalue weighted by molar-refractivity contribution is 9.10. The first-order chi connectivity index (χ1) is 8.18. The molecule has 1 N–H and O–H groups in total. The van der Waals surface area contributed by atoms with Gasteiger partial charge < -0.3 is 9.84 Å². The van der Waals surface area contributed by atoms with Crippen molar-refractivity contribution < 1.29 is 14.6 Å². The summed E-state index contributed by atoms with van der Waals surface area (Å²) in [4.78, 5) is 11.1. The molecule has 0 fully saturated rings. The Morgan fingerprint density at radius 3 is 2.41 bits per heavy atom. The van der Waals surface area contributed by atoms with Crippen molar-refractivity contribution in [3.63, 3.8) is 0 Å². The molecule has 0 amide bonds. The number of carbonyl (C=O) groups is 1. The van der Waals surface area contributed by atoms with E-state index in [1.807, 2.05) is 18.2 Å². The molecule has 0 radical (unpaired) electrons. The predicted molar refractivity (Wildman–Crippen MR) is 67.6 cm³/mol. The van der Waals surface area contributed by atoms with Crippen LogP contribution in [0.4, 0.5) is 0 Å². The molecule has 3 nitrogen and oxygen atoms in total. The zero-order valence-electron chi connectivity index (χ0n) is 8.76. The van der Waals surface area contributed by atoms with Crippen molar-refractivity contribution in [2.45, 2.75) is 0 Å². The van der Waals surface area contributed by atoms with Crippen molar-refractivity contribution in [3.8, 4) is 11.5 Å². The van der Waals surface area contributed by atoms with Crippen LogP contribution in [0.25, 0.3) is 0 Å². The molecule has 0 saturated heterocycles. The van der Waals surface area contributed by atoms with Crippen LogP contribution in [0.1, 0.15) is 10.4 Å². The maximum absolute atomic E-state index is 11.1. The lowest BCUT2D eigenvalue weighted by molar-refractivity contribution is 0.0693. The van der Waals surface area contributed by atoms with Gasteiger partial charge in [-0.15, -0.1) is 0 Å². The van der Waals surface area contributed by atoms with Crippen LogP contribution in [-0.2, 0) is 0 Å². The van der Waals surface area contributed by atoms with E-state index >= 15 is 0 Å². The van der Waals surface area contributed by atoms with Crippen molar-refractivity contribution in [1.29, 1.82) is 0 Å². The monoisotopic (exact) mass is 292 g/mol. The van der Waals surface area contributed by atoms with E-state index in [1.165, 1.54) is 0 Å². The second kappa shape index (κ2) is 5.01. The lowest BCUT2D eigenvalue weighted by Crippen LogP contribution is -2.01. The van der Waals surface area contributed by atoms with Gasteiger partial charge in [-0.25, -0.2) is 4.79 Å². The molecule has 0 heterocycles. The number of carboxylic acid groups (broad SMARTS) is 1. The molecule has 0 aromatic heterocycles. The van der Waals surface area contributed by atoms with Crippen molar-refractivity contribution in [1.82, 2.24) is 0 Å². The predicted octanol–water partition coefficient (Wildman–Crippen LogP) is 3.94. The van der Waals surface area contributed by atoms with Gasteiger partial charge in [-0.3, -0.25) is 0 Å². The van der Waals surface area contributed by atoms with Crippen molar-refractivity contribution in [2.24, 2.45) is 0 Å². The maximum atomic E-state index is 11.1. The lowest BCUT2D eigenvalue weighted by Gasteiger charge is -2.09. The van der Waals surface area contributed by atoms with E-state index in [1.54, 1.807) is 30.3 Å². The van der Waals surface area contributed by atoms with E-state index in [4.69, 9.17) is 9.84 Å². The van der Waals surface area contributed by atoms with Gasteiger partial charge in [0.25, 0.3) is 0 Å². The molecule has 0 saturated carbocycles. The van der Waals surface area contributed by atoms with Crippen LogP contribution in [0.15, 0.2) is 53.0 Å². The van der Waals surface area contributed by atoms with Gasteiger partial charge in [0.1, 0.15) is 17.1 Å². The Kier molecular flexibility index (Phi) is 3.44. The number of para-hydroxylation sites is 1. The molecule has 2 aromatic rings. The number of halogens is 1. The highest BCUT2D eigenvalue weighted by Gasteiger charge is 2.15. The van der Waals surface area contributed by atoms with E-state index in [0.717, 1.165) is 0 Å². The van der Waals surface area contributed by atoms with Gasteiger partial charge in [0.15, 0.2) is 0 Å². The zero-order chi connectivity index (χ0) is 12.3. The van der Waals surface area contributed by atoms with Crippen LogP contribution in [0.2, 0.25) is 0 Å². The Hall–Kier alpha value is -1.81. The van der Waals surface area contributed by atoms with E-state index in [9.17, 15) is 4.79 Å². The SMILES string of the molecule is O=C(O)c1c(Br)cccc1Oc1ccccc1. The van der Waals surface area contributed by atoms with Gasteiger partial charge in [0.2, 0.25) is 0 Å². The Morgan fingerprint density at radius 2 is 1.76 bits per heavy atom. The number of aromatic carboxylic acids is 1. The Morgan fingerprint density at radius 1 is 1.06 bits per heavy atom. The molecular weight excluding hydrogens is 284 g/mol. The number of hydrogen-bond donors (Lipinski definition) is 1. The summed E-state index contributed by atoms with van der Waals surface area (Å²) in [5.74, 6) is -0.102. The first kappa shape index (κ1) is 11.7. The van der Waals surface area contributed by atoms with Gasteiger partial charge in [0, 0.05) is 4.47 Å². The summed E-state index contributed by atoms with van der Waals surface area (Å²) in [6.45, 7) is 0. The molecule has 17 heavy (non-hydrogen) atoms. The Balaban J connectivity index is 2.40. The zero-order valence-corrected chi connectivity index (χ0v) is 10.3. The minimum Gasteiger partial charge on any atom is -0.478 e. The van der Waals surface area contributed by atoms with Crippen LogP contribution >= 0.6 is 15.9 Å². The molecular formula is C13H9BrO3. The quantitative estimate of drug-likeness (QED) is 0.932. The summed E-state index contributed by atoms with van der Waals surface area (Å²) in [5, 5.41) is 9.11. The average Bonchev–Trinajstić information content (AvgIpc) is 2.30. The minimum absolute atomic E-state index is 0.122. The van der Waals surface area contributed by atoms with Gasteiger partial charge in [0.05, 0.1) is 0 Å². The topological polar surface area (TPSA) is 46.5 Å². The third-order valence-electron chi connectivity index (χ3n) is 2.16. The molecule has 0 bridgehead atoms. The molecule has 0 aliphatic carbocycles. The fourth-order valence-corrected chi connectivity index (χ4v) is 1.93. The minimum atomic E-state index is -1.02. The number of ether oxygens (including phenoxy) is 1. The standard InChI is InChI=1S/C13H9BrO3/c14-10-7-4-8-11(12(10)13(15)16)17-9-5-2-1-3-6-9/h1-8H,(H,15,16). The summed E-state index contributed by atoms with van der Waals surface area (Å²) in [7, 11) is 0. The Labute approximate surface area is 107 Å². The van der Waals surface area contributed by atoms with Crippen LogP contribution in [-0.4, -0.2) is 11.1 Å². The first-order valence-corrected chi connectivity index (χ1v) is 5.72. The van der Waals surface area contributed by atoms with Crippen molar-refractivity contribution in [3.05, 3.63) is 58.6 Å². The largest absolute Gasteiger partial charge is 0.478 e. The van der Waals surface area contributed by atoms with Crippen LogP contribution in [0.3, 0.4) is 0 Å². The normalized spacial score (nSPS) is 9.94. The molecule has 2 aromatic carbocycles. The van der Waals surface area contributed by atoms with E-state index in [0.29, 0.717) is 16.0 Å². The molecule has 0 aliphatic heterocycles. The smallest absolute Gasteiger partial charge is 0.340 e. The summed E-state index contributed by atoms with van der Waals surface area (Å²) in [6, 6.07) is 14.1. The lowest BCUT2D eigenvalue weighted by atomic mass is 10.2. The van der Waals surface area contributed by atoms with Gasteiger partial charge >= 0.3 is 5.97 Å². The summed E-state index contributed by atoms with van der Waals surface area (Å²) >= 11 is 3.20. The fraction of sp³-hybridized carbons (Fsp3) is 0. The summed E-state index contributed by atoms with van der Waals surface area (Å²) < 4.78 is 6.04. The van der Waals surface area contributed by atoms with Crippen molar-refractivity contribution >= 4 is 21.9 Å². The molecule has 86 valence electrons. The Bertz CT molecular complexity index is 538. The number of benzene rings is 2. The van der Waals surface area contributed by atoms with Gasteiger partial charge in [-0.05, 0) is 40.2 Å². The highest BCUT2D eigenvalue weighted by atomic mass is 79.9. The second-order valence-corrected chi connectivity index (χ2v) is 4.19. The number of hydrogen-bond acceptors (Lipinski definition) is 2. The third kappa shape index (κ3) is 2.65. The first-order valence-electron chi connectivity index (χ1n) is 4.93. The molecule has 0 spiro atoms. The average molecular weight is 293 g/mol. The van der Waals surface area contributed by atoms with Gasteiger partial charge in [-0.2, -0.15) is 0 Å². The molecule has 0 aliphatic rings. The van der Waals surface area contributed by atoms with Crippen LogP contribution < -0.4 is 4.74 Å². The summed E-state index contributed by atoms with van der Waals surface area (Å²) in [6.07, 6.45) is 0. The maximum Gasteiger partial charge on any atom is 0.340 e. The van der Waals surface area contributed by atoms with E-state index in [-0.39, 0.29) is 5.56 Å². The second-order valence-electron chi connectivity index (χ2n) is 3.33. The van der Waals surface area contributed by atoms with Crippen LogP contribution in [0, 0.1) is 0 Å². The highest BCUT2D eigenvalue weighted by Crippen LogP contribution is 2.30. The van der Waals surface area contributed by atoms with Crippen LogP contribution in [0.5, 0.6) is 11.5 Å². The summed E-state index contributed by atoms with van der Waals surface area (Å²) in [5.41, 5.74) is 0.122. The number of carboxylic acids is 1. The third-order valence-corrected chi connectivity index (χ3v) is 2.82. The molecule has 2 rings (SSSR count). The van der Waals surface area contributed by atoms with Gasteiger partial charge in [-0.1, -0.05) is 24.3 Å². The molecule has 0 unspecified atom stereocenters. The fourth-order valence-electron chi connectivity index (χ4n) is 1.41. The van der Waals surface area contributed by atoms with E-state index < -0.39 is 5.97 Å². The van der Waals surface area contributed by atoms with E-state index in [2.05, 4.69) is 15.9 Å².